The molecule has 4 rings (SSSR count). The van der Waals surface area contributed by atoms with E-state index in [0.29, 0.717) is 28.8 Å². The monoisotopic (exact) mass is 470 g/mol. The molecule has 0 atom stereocenters. The molecule has 1 aliphatic heterocycles. The summed E-state index contributed by atoms with van der Waals surface area (Å²) in [6, 6.07) is 8.46. The number of hydrogen-bond donors (Lipinski definition) is 1. The molecule has 27 heavy (non-hydrogen) atoms. The molecule has 0 aromatic carbocycles. The minimum absolute atomic E-state index is 0.236. The van der Waals surface area contributed by atoms with Crippen molar-refractivity contribution in [3.63, 3.8) is 0 Å². The van der Waals surface area contributed by atoms with Crippen LogP contribution in [0, 0.1) is 0 Å². The fourth-order valence-corrected chi connectivity index (χ4v) is 6.43. The van der Waals surface area contributed by atoms with Crippen LogP contribution in [0.4, 0.5) is 0 Å². The third-order valence-electron chi connectivity index (χ3n) is 4.25. The number of sulfonamides is 1. The van der Waals surface area contributed by atoms with E-state index in [9.17, 15) is 13.2 Å². The summed E-state index contributed by atoms with van der Waals surface area (Å²) in [6.45, 7) is 1.12. The zero-order chi connectivity index (χ0) is 19.0. The number of nitrogens with one attached hydrogen (secondary N) is 1. The summed E-state index contributed by atoms with van der Waals surface area (Å²) in [7, 11) is -3.53. The molecule has 1 aliphatic rings. The Morgan fingerprint density at radius 1 is 1.22 bits per heavy atom. The molecule has 3 aromatic rings. The highest BCUT2D eigenvalue weighted by Gasteiger charge is 2.32. The lowest BCUT2D eigenvalue weighted by Crippen LogP contribution is -2.50. The van der Waals surface area contributed by atoms with Crippen LogP contribution >= 0.6 is 27.3 Å². The van der Waals surface area contributed by atoms with Crippen molar-refractivity contribution in [1.29, 1.82) is 0 Å². The molecule has 1 amide bonds. The van der Waals surface area contributed by atoms with Crippen LogP contribution in [-0.4, -0.2) is 59.9 Å². The molecule has 0 bridgehead atoms. The van der Waals surface area contributed by atoms with Crippen LogP contribution < -0.4 is 0 Å². The molecule has 1 saturated heterocycles. The van der Waals surface area contributed by atoms with Gasteiger partial charge >= 0.3 is 0 Å². The zero-order valence-electron chi connectivity index (χ0n) is 14.0. The molecule has 1 N–H and O–H groups in total. The second-order valence-corrected chi connectivity index (χ2v) is 10.5. The second-order valence-electron chi connectivity index (χ2n) is 5.90. The Kier molecular flexibility index (Phi) is 4.93. The van der Waals surface area contributed by atoms with E-state index < -0.39 is 10.0 Å². The van der Waals surface area contributed by atoms with Crippen LogP contribution in [0.2, 0.25) is 0 Å². The summed E-state index contributed by atoms with van der Waals surface area (Å²) < 4.78 is 33.1. The fraction of sp³-hybridized carbons (Fsp3) is 0.250. The molecule has 4 heterocycles. The van der Waals surface area contributed by atoms with Gasteiger partial charge in [-0.15, -0.1) is 11.3 Å². The van der Waals surface area contributed by atoms with Gasteiger partial charge in [0.25, 0.3) is 15.9 Å². The van der Waals surface area contributed by atoms with Gasteiger partial charge < -0.3 is 9.32 Å². The van der Waals surface area contributed by atoms with Crippen LogP contribution in [-0.2, 0) is 10.0 Å². The highest BCUT2D eigenvalue weighted by atomic mass is 79.9. The van der Waals surface area contributed by atoms with Gasteiger partial charge in [-0.3, -0.25) is 9.89 Å². The molecular weight excluding hydrogens is 456 g/mol. The molecule has 0 unspecified atom stereocenters. The van der Waals surface area contributed by atoms with E-state index in [-0.39, 0.29) is 24.7 Å². The van der Waals surface area contributed by atoms with Gasteiger partial charge in [-0.05, 0) is 40.2 Å². The van der Waals surface area contributed by atoms with Crippen LogP contribution in [0.15, 0.2) is 49.0 Å². The predicted molar refractivity (Wildman–Crippen MR) is 103 cm³/mol. The van der Waals surface area contributed by atoms with E-state index in [1.54, 1.807) is 41.5 Å². The lowest BCUT2D eigenvalue weighted by molar-refractivity contribution is 0.0692. The van der Waals surface area contributed by atoms with Gasteiger partial charge in [0, 0.05) is 32.2 Å². The Morgan fingerprint density at radius 3 is 2.63 bits per heavy atom. The number of H-pyrrole nitrogens is 1. The van der Waals surface area contributed by atoms with Crippen molar-refractivity contribution in [2.24, 2.45) is 0 Å². The van der Waals surface area contributed by atoms with Crippen LogP contribution in [0.1, 0.15) is 10.5 Å². The van der Waals surface area contributed by atoms with Crippen molar-refractivity contribution >= 4 is 43.2 Å². The number of thiophene rings is 1. The van der Waals surface area contributed by atoms with Crippen LogP contribution in [0.5, 0.6) is 0 Å². The third kappa shape index (κ3) is 3.59. The maximum Gasteiger partial charge on any atom is 0.274 e. The zero-order valence-corrected chi connectivity index (χ0v) is 17.2. The molecule has 11 heteroatoms. The summed E-state index contributed by atoms with van der Waals surface area (Å²) in [5.41, 5.74) is 0.896. The Bertz CT molecular complexity index is 1050. The number of aromatic nitrogens is 2. The number of nitrogens with zero attached hydrogens (tertiary/aromatic N) is 3. The minimum Gasteiger partial charge on any atom is -0.463 e. The van der Waals surface area contributed by atoms with Gasteiger partial charge in [0.2, 0.25) is 0 Å². The number of amides is 1. The van der Waals surface area contributed by atoms with Crippen molar-refractivity contribution in [2.75, 3.05) is 26.2 Å². The average molecular weight is 471 g/mol. The van der Waals surface area contributed by atoms with Crippen molar-refractivity contribution in [2.45, 2.75) is 4.21 Å². The molecule has 142 valence electrons. The molecule has 3 aromatic heterocycles. The number of carbonyl (C=O) groups excluding carboxylic acids is 1. The van der Waals surface area contributed by atoms with Gasteiger partial charge in [-0.1, -0.05) is 0 Å². The van der Waals surface area contributed by atoms with Gasteiger partial charge in [-0.25, -0.2) is 8.42 Å². The van der Waals surface area contributed by atoms with E-state index in [1.165, 1.54) is 15.6 Å². The molecule has 8 nitrogen and oxygen atoms in total. The summed E-state index contributed by atoms with van der Waals surface area (Å²) in [5.74, 6) is 0.361. The van der Waals surface area contributed by atoms with E-state index in [1.807, 2.05) is 0 Å². The highest BCUT2D eigenvalue weighted by molar-refractivity contribution is 9.11. The maximum atomic E-state index is 12.7. The molecule has 0 saturated carbocycles. The number of rotatable bonds is 4. The van der Waals surface area contributed by atoms with Gasteiger partial charge in [-0.2, -0.15) is 9.40 Å². The second kappa shape index (κ2) is 7.23. The van der Waals surface area contributed by atoms with E-state index in [0.717, 1.165) is 3.79 Å². The normalized spacial score (nSPS) is 16.0. The molecule has 0 aliphatic carbocycles. The quantitative estimate of drug-likeness (QED) is 0.631. The smallest absolute Gasteiger partial charge is 0.274 e. The average Bonchev–Trinajstić information content (AvgIpc) is 3.41. The van der Waals surface area contributed by atoms with E-state index in [2.05, 4.69) is 26.1 Å². The van der Waals surface area contributed by atoms with E-state index in [4.69, 9.17) is 4.42 Å². The maximum absolute atomic E-state index is 12.7. The number of halogens is 1. The first kappa shape index (κ1) is 18.4. The number of furan rings is 1. The van der Waals surface area contributed by atoms with Crippen molar-refractivity contribution < 1.29 is 17.6 Å². The standard InChI is InChI=1S/C16H15BrN4O4S2/c17-14-3-4-15(26-14)27(23,24)21-7-5-20(6-8-21)16(22)12-10-11(18-19-12)13-2-1-9-25-13/h1-4,9-10H,5-8H2,(H,18,19). The fourth-order valence-electron chi connectivity index (χ4n) is 2.85. The molecule has 0 spiro atoms. The van der Waals surface area contributed by atoms with Crippen molar-refractivity contribution in [3.8, 4) is 11.5 Å². The number of hydrogen-bond acceptors (Lipinski definition) is 6. The van der Waals surface area contributed by atoms with Gasteiger partial charge in [0.15, 0.2) is 11.5 Å². The summed E-state index contributed by atoms with van der Waals surface area (Å²) >= 11 is 4.46. The third-order valence-corrected chi connectivity index (χ3v) is 8.24. The Balaban J connectivity index is 1.42. The Labute approximate surface area is 168 Å². The summed E-state index contributed by atoms with van der Waals surface area (Å²) in [5, 5.41) is 6.84. The highest BCUT2D eigenvalue weighted by Crippen LogP contribution is 2.29. The van der Waals surface area contributed by atoms with Crippen molar-refractivity contribution in [3.05, 3.63) is 46.1 Å². The summed E-state index contributed by atoms with van der Waals surface area (Å²) in [4.78, 5) is 14.3. The van der Waals surface area contributed by atoms with Gasteiger partial charge in [0.05, 0.1) is 10.0 Å². The molecule has 0 radical (unpaired) electrons. The first-order chi connectivity index (χ1) is 12.9. The minimum atomic E-state index is -3.53. The van der Waals surface area contributed by atoms with E-state index >= 15 is 0 Å². The lowest BCUT2D eigenvalue weighted by atomic mass is 10.2. The number of aromatic amines is 1. The number of piperazine rings is 1. The molecule has 1 fully saturated rings. The first-order valence-electron chi connectivity index (χ1n) is 8.09. The number of carbonyl (C=O) groups is 1. The largest absolute Gasteiger partial charge is 0.463 e. The topological polar surface area (TPSA) is 99.5 Å². The lowest BCUT2D eigenvalue weighted by Gasteiger charge is -2.33. The predicted octanol–water partition coefficient (Wildman–Crippen LogP) is 2.64. The van der Waals surface area contributed by atoms with Crippen LogP contribution in [0.25, 0.3) is 11.5 Å². The van der Waals surface area contributed by atoms with Crippen LogP contribution in [0.3, 0.4) is 0 Å². The first-order valence-corrected chi connectivity index (χ1v) is 11.1. The Hall–Kier alpha value is -1.95. The van der Waals surface area contributed by atoms with Gasteiger partial charge in [0.1, 0.15) is 9.90 Å². The molecular formula is C16H15BrN4O4S2. The Morgan fingerprint density at radius 2 is 2.00 bits per heavy atom. The van der Waals surface area contributed by atoms with Crippen molar-refractivity contribution in [1.82, 2.24) is 19.4 Å². The summed E-state index contributed by atoms with van der Waals surface area (Å²) in [6.07, 6.45) is 1.55. The SMILES string of the molecule is O=C(c1cc(-c2ccco2)[nH]n1)N1CCN(S(=O)(=O)c2ccc(Br)s2)CC1.